The van der Waals surface area contributed by atoms with Crippen LogP contribution >= 0.6 is 0 Å². The molecule has 4 aromatic rings. The second-order valence-electron chi connectivity index (χ2n) is 5.08. The molecule has 23 heavy (non-hydrogen) atoms. The molecule has 7 nitrogen and oxygen atoms in total. The average molecular weight is 303 g/mol. The maximum absolute atomic E-state index is 4.39. The fourth-order valence-corrected chi connectivity index (χ4v) is 2.36. The zero-order valence-corrected chi connectivity index (χ0v) is 12.4. The number of H-pyrrole nitrogens is 1. The van der Waals surface area contributed by atoms with E-state index in [0.717, 1.165) is 27.8 Å². The fraction of sp³-hybridized carbons (Fsp3) is 0.0625. The molecule has 0 radical (unpaired) electrons. The van der Waals surface area contributed by atoms with E-state index in [1.54, 1.807) is 6.21 Å². The summed E-state index contributed by atoms with van der Waals surface area (Å²) < 4.78 is 0. The largest absolute Gasteiger partial charge is 0.338 e. The second kappa shape index (κ2) is 5.45. The summed E-state index contributed by atoms with van der Waals surface area (Å²) >= 11 is 0. The minimum Gasteiger partial charge on any atom is -0.338 e. The van der Waals surface area contributed by atoms with Crippen LogP contribution in [0.25, 0.3) is 22.1 Å². The number of hydrogen-bond acceptors (Lipinski definition) is 6. The van der Waals surface area contributed by atoms with E-state index in [-0.39, 0.29) is 0 Å². The Morgan fingerprint density at radius 1 is 1.04 bits per heavy atom. The third-order valence-electron chi connectivity index (χ3n) is 3.39. The van der Waals surface area contributed by atoms with Crippen LogP contribution in [0.1, 0.15) is 11.4 Å². The number of fused-ring (bicyclic) bond motifs is 3. The van der Waals surface area contributed by atoms with Gasteiger partial charge in [-0.1, -0.05) is 24.3 Å². The van der Waals surface area contributed by atoms with Crippen LogP contribution in [0.15, 0.2) is 47.6 Å². The maximum Gasteiger partial charge on any atom is 0.265 e. The van der Waals surface area contributed by atoms with Crippen LogP contribution in [0.4, 0.5) is 5.95 Å². The smallest absolute Gasteiger partial charge is 0.265 e. The molecule has 4 rings (SSSR count). The topological polar surface area (TPSA) is 91.7 Å². The van der Waals surface area contributed by atoms with E-state index in [1.165, 1.54) is 0 Å². The van der Waals surface area contributed by atoms with Gasteiger partial charge >= 0.3 is 0 Å². The van der Waals surface area contributed by atoms with Crippen molar-refractivity contribution in [2.45, 2.75) is 6.92 Å². The first-order valence-corrected chi connectivity index (χ1v) is 7.13. The lowest BCUT2D eigenvalue weighted by Crippen LogP contribution is -1.99. The van der Waals surface area contributed by atoms with Crippen molar-refractivity contribution < 1.29 is 0 Å². The van der Waals surface area contributed by atoms with Crippen molar-refractivity contribution in [1.29, 1.82) is 0 Å². The van der Waals surface area contributed by atoms with Crippen LogP contribution in [0.5, 0.6) is 0 Å². The van der Waals surface area contributed by atoms with E-state index in [0.29, 0.717) is 11.6 Å². The van der Waals surface area contributed by atoms with Gasteiger partial charge < -0.3 is 4.98 Å². The molecule has 0 aliphatic heterocycles. The van der Waals surface area contributed by atoms with Crippen molar-refractivity contribution in [3.05, 3.63) is 53.9 Å². The summed E-state index contributed by atoms with van der Waals surface area (Å²) in [6.45, 7) is 1.93. The highest BCUT2D eigenvalue weighted by Gasteiger charge is 2.07. The maximum atomic E-state index is 4.39. The van der Waals surface area contributed by atoms with Gasteiger partial charge in [-0.2, -0.15) is 10.1 Å². The molecular weight excluding hydrogens is 290 g/mol. The van der Waals surface area contributed by atoms with E-state index in [1.807, 2.05) is 49.4 Å². The molecule has 0 aliphatic carbocycles. The van der Waals surface area contributed by atoms with Gasteiger partial charge in [0, 0.05) is 16.6 Å². The van der Waals surface area contributed by atoms with E-state index in [9.17, 15) is 0 Å². The minimum atomic E-state index is 0.327. The van der Waals surface area contributed by atoms with E-state index >= 15 is 0 Å². The monoisotopic (exact) mass is 303 g/mol. The van der Waals surface area contributed by atoms with Gasteiger partial charge in [0.05, 0.1) is 11.9 Å². The average Bonchev–Trinajstić information content (AvgIpc) is 2.92. The molecule has 0 unspecified atom stereocenters. The van der Waals surface area contributed by atoms with Crippen molar-refractivity contribution in [2.24, 2.45) is 5.10 Å². The van der Waals surface area contributed by atoms with Crippen molar-refractivity contribution in [3.8, 4) is 0 Å². The summed E-state index contributed by atoms with van der Waals surface area (Å²) in [5.74, 6) is 0.327. The van der Waals surface area contributed by atoms with Gasteiger partial charge in [-0.25, -0.2) is 5.43 Å². The zero-order chi connectivity index (χ0) is 15.6. The molecule has 0 bridgehead atoms. The Bertz CT molecular complexity index is 1020. The summed E-state index contributed by atoms with van der Waals surface area (Å²) in [6.07, 6.45) is 1.62. The van der Waals surface area contributed by atoms with Crippen molar-refractivity contribution in [2.75, 3.05) is 5.43 Å². The number of aromatic nitrogens is 5. The Labute approximate surface area is 131 Å². The number of para-hydroxylation sites is 1. The molecule has 7 heteroatoms. The molecule has 0 saturated carbocycles. The number of aryl methyl sites for hydroxylation is 1. The van der Waals surface area contributed by atoms with Crippen LogP contribution in [0.2, 0.25) is 0 Å². The summed E-state index contributed by atoms with van der Waals surface area (Å²) in [7, 11) is 0. The molecule has 1 aromatic carbocycles. The lowest BCUT2D eigenvalue weighted by molar-refractivity contribution is 1.01. The first-order valence-electron chi connectivity index (χ1n) is 7.13. The van der Waals surface area contributed by atoms with Gasteiger partial charge in [-0.3, -0.25) is 4.98 Å². The second-order valence-corrected chi connectivity index (χ2v) is 5.08. The first-order chi connectivity index (χ1) is 11.3. The van der Waals surface area contributed by atoms with Crippen LogP contribution < -0.4 is 5.43 Å². The standard InChI is InChI=1S/C16H13N7/c1-10-5-4-6-11(18-10)9-17-22-16-20-15-14(21-23-16)12-7-2-3-8-13(12)19-15/h2-9H,1H3,(H2,19,20,22,23)/b17-9+. The molecule has 0 aliphatic rings. The van der Waals surface area contributed by atoms with Crippen LogP contribution in [0.3, 0.4) is 0 Å². The highest BCUT2D eigenvalue weighted by molar-refractivity contribution is 6.03. The van der Waals surface area contributed by atoms with Crippen LogP contribution in [-0.4, -0.2) is 31.4 Å². The number of nitrogens with zero attached hydrogens (tertiary/aromatic N) is 5. The molecule has 3 heterocycles. The summed E-state index contributed by atoms with van der Waals surface area (Å²) in [5.41, 5.74) is 6.87. The highest BCUT2D eigenvalue weighted by atomic mass is 15.4. The number of hydrazone groups is 1. The van der Waals surface area contributed by atoms with Crippen molar-refractivity contribution >= 4 is 34.2 Å². The predicted octanol–water partition coefficient (Wildman–Crippen LogP) is 2.66. The van der Waals surface area contributed by atoms with Crippen LogP contribution in [0, 0.1) is 6.92 Å². The number of hydrogen-bond donors (Lipinski definition) is 2. The molecule has 0 saturated heterocycles. The van der Waals surface area contributed by atoms with Gasteiger partial charge in [0.1, 0.15) is 5.52 Å². The minimum absolute atomic E-state index is 0.327. The molecular formula is C16H13N7. The van der Waals surface area contributed by atoms with Crippen molar-refractivity contribution in [1.82, 2.24) is 25.1 Å². The molecule has 0 amide bonds. The Morgan fingerprint density at radius 3 is 2.87 bits per heavy atom. The lowest BCUT2D eigenvalue weighted by Gasteiger charge is -1.97. The Balaban J connectivity index is 1.61. The molecule has 112 valence electrons. The molecule has 2 N–H and O–H groups in total. The molecule has 0 atom stereocenters. The van der Waals surface area contributed by atoms with Gasteiger partial charge in [0.15, 0.2) is 5.65 Å². The Hall–Kier alpha value is -3.35. The zero-order valence-electron chi connectivity index (χ0n) is 12.4. The van der Waals surface area contributed by atoms with Gasteiger partial charge in [-0.15, -0.1) is 10.2 Å². The van der Waals surface area contributed by atoms with Gasteiger partial charge in [0.25, 0.3) is 5.95 Å². The molecule has 3 aromatic heterocycles. The number of rotatable bonds is 3. The van der Waals surface area contributed by atoms with Gasteiger partial charge in [0.2, 0.25) is 0 Å². The first kappa shape index (κ1) is 13.3. The summed E-state index contributed by atoms with van der Waals surface area (Å²) in [5, 5.41) is 13.4. The third-order valence-corrected chi connectivity index (χ3v) is 3.39. The quantitative estimate of drug-likeness (QED) is 0.448. The Morgan fingerprint density at radius 2 is 1.96 bits per heavy atom. The van der Waals surface area contributed by atoms with E-state index < -0.39 is 0 Å². The number of anilines is 1. The Kier molecular flexibility index (Phi) is 3.16. The van der Waals surface area contributed by atoms with E-state index in [2.05, 4.69) is 35.7 Å². The number of pyridine rings is 1. The fourth-order valence-electron chi connectivity index (χ4n) is 2.36. The highest BCUT2D eigenvalue weighted by Crippen LogP contribution is 2.21. The van der Waals surface area contributed by atoms with Crippen LogP contribution in [-0.2, 0) is 0 Å². The third kappa shape index (κ3) is 2.59. The molecule has 0 fully saturated rings. The molecule has 0 spiro atoms. The van der Waals surface area contributed by atoms with Gasteiger partial charge in [-0.05, 0) is 25.1 Å². The lowest BCUT2D eigenvalue weighted by atomic mass is 10.2. The van der Waals surface area contributed by atoms with E-state index in [4.69, 9.17) is 0 Å². The predicted molar refractivity (Wildman–Crippen MR) is 89.4 cm³/mol. The SMILES string of the molecule is Cc1cccc(/C=N/Nc2nnc3c(n2)[nH]c2ccccc23)n1. The summed E-state index contributed by atoms with van der Waals surface area (Å²) in [6, 6.07) is 13.6. The number of benzene rings is 1. The number of nitrogens with one attached hydrogen (secondary N) is 2. The normalized spacial score (nSPS) is 11.5. The summed E-state index contributed by atoms with van der Waals surface area (Å²) in [4.78, 5) is 11.9. The van der Waals surface area contributed by atoms with Crippen molar-refractivity contribution in [3.63, 3.8) is 0 Å². The number of aromatic amines is 1.